The number of aromatic nitrogens is 2. The fourth-order valence-electron chi connectivity index (χ4n) is 3.04. The first-order valence-electron chi connectivity index (χ1n) is 7.78. The van der Waals surface area contributed by atoms with Gasteiger partial charge in [0, 0.05) is 25.1 Å². The molecule has 0 bridgehead atoms. The molecule has 1 fully saturated rings. The molecule has 5 nitrogen and oxygen atoms in total. The van der Waals surface area contributed by atoms with Crippen LogP contribution in [0.15, 0.2) is 6.20 Å². The first-order chi connectivity index (χ1) is 9.87. The van der Waals surface area contributed by atoms with Gasteiger partial charge in [-0.3, -0.25) is 4.79 Å². The first kappa shape index (κ1) is 16.0. The van der Waals surface area contributed by atoms with E-state index in [2.05, 4.69) is 30.7 Å². The van der Waals surface area contributed by atoms with Crippen LogP contribution in [0.2, 0.25) is 0 Å². The quantitative estimate of drug-likeness (QED) is 0.820. The Bertz CT molecular complexity index is 495. The average molecular weight is 293 g/mol. The van der Waals surface area contributed by atoms with Crippen LogP contribution in [0.4, 0.5) is 0 Å². The Morgan fingerprint density at radius 3 is 2.81 bits per heavy atom. The van der Waals surface area contributed by atoms with Gasteiger partial charge in [-0.05, 0) is 19.8 Å². The number of carbonyl (C=O) groups is 1. The van der Waals surface area contributed by atoms with Gasteiger partial charge in [-0.15, -0.1) is 0 Å². The van der Waals surface area contributed by atoms with Gasteiger partial charge in [-0.2, -0.15) is 0 Å². The highest BCUT2D eigenvalue weighted by atomic mass is 16.5. The second-order valence-corrected chi connectivity index (χ2v) is 6.58. The number of ether oxygens (including phenoxy) is 1. The van der Waals surface area contributed by atoms with Gasteiger partial charge < -0.3 is 14.6 Å². The molecule has 0 saturated heterocycles. The Morgan fingerprint density at radius 2 is 2.29 bits per heavy atom. The SMILES string of the molecule is CCCCOC1CC(N(C)C(=O)c2cnc(C)[nH]2)C1(C)C. The molecule has 1 aromatic heterocycles. The van der Waals surface area contributed by atoms with Gasteiger partial charge in [0.05, 0.1) is 12.3 Å². The van der Waals surface area contributed by atoms with E-state index in [0.717, 1.165) is 31.7 Å². The predicted octanol–water partition coefficient (Wildman–Crippen LogP) is 2.77. The van der Waals surface area contributed by atoms with Gasteiger partial charge in [-0.25, -0.2) is 4.98 Å². The molecule has 0 spiro atoms. The summed E-state index contributed by atoms with van der Waals surface area (Å²) in [4.78, 5) is 21.4. The summed E-state index contributed by atoms with van der Waals surface area (Å²) in [6.07, 6.45) is 5.00. The van der Waals surface area contributed by atoms with Crippen molar-refractivity contribution in [3.8, 4) is 0 Å². The van der Waals surface area contributed by atoms with Crippen molar-refractivity contribution in [2.24, 2.45) is 5.41 Å². The fraction of sp³-hybridized carbons (Fsp3) is 0.750. The fourth-order valence-corrected chi connectivity index (χ4v) is 3.04. The van der Waals surface area contributed by atoms with Gasteiger partial charge in [0.2, 0.25) is 0 Å². The molecule has 2 rings (SSSR count). The van der Waals surface area contributed by atoms with Gasteiger partial charge in [0.15, 0.2) is 0 Å². The van der Waals surface area contributed by atoms with Crippen LogP contribution < -0.4 is 0 Å². The second-order valence-electron chi connectivity index (χ2n) is 6.58. The van der Waals surface area contributed by atoms with Gasteiger partial charge in [0.1, 0.15) is 11.5 Å². The monoisotopic (exact) mass is 293 g/mol. The highest BCUT2D eigenvalue weighted by molar-refractivity contribution is 5.92. The highest BCUT2D eigenvalue weighted by Crippen LogP contribution is 2.45. The summed E-state index contributed by atoms with van der Waals surface area (Å²) in [5.74, 6) is 0.765. The van der Waals surface area contributed by atoms with E-state index in [1.54, 1.807) is 6.20 Å². The smallest absolute Gasteiger partial charge is 0.271 e. The number of rotatable bonds is 6. The summed E-state index contributed by atoms with van der Waals surface area (Å²) in [6.45, 7) is 9.19. The number of aromatic amines is 1. The largest absolute Gasteiger partial charge is 0.378 e. The summed E-state index contributed by atoms with van der Waals surface area (Å²) < 4.78 is 5.95. The number of imidazole rings is 1. The lowest BCUT2D eigenvalue weighted by Crippen LogP contribution is -2.62. The summed E-state index contributed by atoms with van der Waals surface area (Å²) in [7, 11) is 1.87. The third kappa shape index (κ3) is 3.12. The van der Waals surface area contributed by atoms with Crippen LogP contribution in [0, 0.1) is 12.3 Å². The first-order valence-corrected chi connectivity index (χ1v) is 7.78. The molecule has 118 valence electrons. The number of unbranched alkanes of at least 4 members (excludes halogenated alkanes) is 1. The van der Waals surface area contributed by atoms with Crippen LogP contribution in [0.5, 0.6) is 0 Å². The molecule has 1 heterocycles. The van der Waals surface area contributed by atoms with E-state index in [9.17, 15) is 4.79 Å². The van der Waals surface area contributed by atoms with Crippen molar-refractivity contribution in [1.82, 2.24) is 14.9 Å². The Morgan fingerprint density at radius 1 is 1.57 bits per heavy atom. The Hall–Kier alpha value is -1.36. The van der Waals surface area contributed by atoms with Gasteiger partial charge in [0.25, 0.3) is 5.91 Å². The zero-order valence-electron chi connectivity index (χ0n) is 13.8. The van der Waals surface area contributed by atoms with E-state index in [4.69, 9.17) is 4.74 Å². The molecule has 2 atom stereocenters. The number of hydrogen-bond donors (Lipinski definition) is 1. The van der Waals surface area contributed by atoms with Crippen molar-refractivity contribution in [2.75, 3.05) is 13.7 Å². The van der Waals surface area contributed by atoms with Crippen molar-refractivity contribution in [2.45, 2.75) is 59.1 Å². The predicted molar refractivity (Wildman–Crippen MR) is 82.3 cm³/mol. The van der Waals surface area contributed by atoms with Crippen molar-refractivity contribution in [3.63, 3.8) is 0 Å². The minimum Gasteiger partial charge on any atom is -0.378 e. The van der Waals surface area contributed by atoms with E-state index in [0.29, 0.717) is 5.69 Å². The average Bonchev–Trinajstić information content (AvgIpc) is 2.87. The number of carbonyl (C=O) groups excluding carboxylic acids is 1. The summed E-state index contributed by atoms with van der Waals surface area (Å²) in [5, 5.41) is 0. The molecule has 5 heteroatoms. The third-order valence-electron chi connectivity index (χ3n) is 4.66. The van der Waals surface area contributed by atoms with E-state index in [1.807, 2.05) is 18.9 Å². The lowest BCUT2D eigenvalue weighted by Gasteiger charge is -2.54. The van der Waals surface area contributed by atoms with E-state index >= 15 is 0 Å². The number of nitrogens with one attached hydrogen (secondary N) is 1. The van der Waals surface area contributed by atoms with Crippen LogP contribution in [0.3, 0.4) is 0 Å². The number of hydrogen-bond acceptors (Lipinski definition) is 3. The number of amides is 1. The lowest BCUT2D eigenvalue weighted by molar-refractivity contribution is -0.140. The second kappa shape index (κ2) is 6.18. The van der Waals surface area contributed by atoms with E-state index in [1.165, 1.54) is 0 Å². The molecule has 1 aliphatic carbocycles. The maximum Gasteiger partial charge on any atom is 0.271 e. The number of aryl methyl sites for hydroxylation is 1. The molecular weight excluding hydrogens is 266 g/mol. The maximum absolute atomic E-state index is 12.5. The van der Waals surface area contributed by atoms with Crippen LogP contribution in [0.1, 0.15) is 56.3 Å². The lowest BCUT2D eigenvalue weighted by atomic mass is 9.63. The molecule has 0 aromatic carbocycles. The molecule has 1 aliphatic rings. The summed E-state index contributed by atoms with van der Waals surface area (Å²) in [5.41, 5.74) is 0.550. The number of H-pyrrole nitrogens is 1. The van der Waals surface area contributed by atoms with E-state index in [-0.39, 0.29) is 23.5 Å². The highest BCUT2D eigenvalue weighted by Gasteiger charge is 2.52. The van der Waals surface area contributed by atoms with Crippen molar-refractivity contribution < 1.29 is 9.53 Å². The Balaban J connectivity index is 1.95. The normalized spacial score (nSPS) is 23.7. The zero-order valence-corrected chi connectivity index (χ0v) is 13.8. The molecule has 1 N–H and O–H groups in total. The Kier molecular flexibility index (Phi) is 4.71. The molecule has 1 amide bonds. The Labute approximate surface area is 127 Å². The van der Waals surface area contributed by atoms with Crippen molar-refractivity contribution in [3.05, 3.63) is 17.7 Å². The van der Waals surface area contributed by atoms with Crippen LogP contribution in [0.25, 0.3) is 0 Å². The van der Waals surface area contributed by atoms with Crippen LogP contribution in [-0.4, -0.2) is 46.6 Å². The minimum absolute atomic E-state index is 0.000633. The molecular formula is C16H27N3O2. The third-order valence-corrected chi connectivity index (χ3v) is 4.66. The summed E-state index contributed by atoms with van der Waals surface area (Å²) in [6, 6.07) is 0.209. The molecule has 21 heavy (non-hydrogen) atoms. The summed E-state index contributed by atoms with van der Waals surface area (Å²) >= 11 is 0. The molecule has 1 saturated carbocycles. The van der Waals surface area contributed by atoms with Crippen molar-refractivity contribution in [1.29, 1.82) is 0 Å². The standard InChI is InChI=1S/C16H27N3O2/c1-6-7-8-21-14-9-13(16(14,3)4)19(5)15(20)12-10-17-11(2)18-12/h10,13-14H,6-9H2,1-5H3,(H,17,18). The van der Waals surface area contributed by atoms with Crippen LogP contribution in [-0.2, 0) is 4.74 Å². The molecule has 0 aliphatic heterocycles. The maximum atomic E-state index is 12.5. The minimum atomic E-state index is -0.00673. The van der Waals surface area contributed by atoms with Gasteiger partial charge >= 0.3 is 0 Å². The topological polar surface area (TPSA) is 58.2 Å². The number of nitrogens with zero attached hydrogens (tertiary/aromatic N) is 2. The van der Waals surface area contributed by atoms with E-state index < -0.39 is 0 Å². The van der Waals surface area contributed by atoms with Gasteiger partial charge in [-0.1, -0.05) is 27.2 Å². The zero-order chi connectivity index (χ0) is 15.6. The van der Waals surface area contributed by atoms with Crippen molar-refractivity contribution >= 4 is 5.91 Å². The molecule has 1 aromatic rings. The van der Waals surface area contributed by atoms with Crippen LogP contribution >= 0.6 is 0 Å². The molecule has 0 radical (unpaired) electrons. The molecule has 2 unspecified atom stereocenters.